The van der Waals surface area contributed by atoms with Crippen LogP contribution < -0.4 is 0 Å². The number of para-hydroxylation sites is 1. The average molecular weight is 625 g/mol. The summed E-state index contributed by atoms with van der Waals surface area (Å²) in [6, 6.07) is 59.7. The molecule has 0 fully saturated rings. The van der Waals surface area contributed by atoms with E-state index in [1.807, 2.05) is 24.3 Å². The number of hydrogen-bond donors (Lipinski definition) is 0. The number of rotatable bonds is 4. The van der Waals surface area contributed by atoms with E-state index in [2.05, 4.69) is 146 Å². The van der Waals surface area contributed by atoms with E-state index in [1.165, 1.54) is 32.3 Å². The normalized spacial score (nSPS) is 11.7. The summed E-state index contributed by atoms with van der Waals surface area (Å²) >= 11 is 0. The average Bonchev–Trinajstić information content (AvgIpc) is 3.56. The summed E-state index contributed by atoms with van der Waals surface area (Å²) in [7, 11) is 0. The molecule has 0 bridgehead atoms. The molecule has 49 heavy (non-hydrogen) atoms. The van der Waals surface area contributed by atoms with Gasteiger partial charge in [0.15, 0.2) is 5.82 Å². The van der Waals surface area contributed by atoms with E-state index in [9.17, 15) is 0 Å². The van der Waals surface area contributed by atoms with Gasteiger partial charge in [-0.15, -0.1) is 0 Å². The van der Waals surface area contributed by atoms with E-state index in [-0.39, 0.29) is 0 Å². The third-order valence-corrected chi connectivity index (χ3v) is 9.67. The maximum Gasteiger partial charge on any atom is 0.160 e. The monoisotopic (exact) mass is 624 g/mol. The molecule has 228 valence electrons. The predicted octanol–water partition coefficient (Wildman–Crippen LogP) is 12.5. The number of hydrogen-bond acceptors (Lipinski definition) is 3. The molecule has 0 amide bonds. The SMILES string of the molecule is c1ccc(-c2cc(-c3ccccc3)nc(-c3ccc4c5ccccc5c5cccc(-c6ccc7c(c6)oc6ccccc67)c5c4c3)n2)cc1. The van der Waals surface area contributed by atoms with E-state index in [1.54, 1.807) is 0 Å². The highest BCUT2D eigenvalue weighted by Gasteiger charge is 2.17. The summed E-state index contributed by atoms with van der Waals surface area (Å²) in [6.45, 7) is 0. The summed E-state index contributed by atoms with van der Waals surface area (Å²) in [5, 5.41) is 9.51. The molecule has 10 rings (SSSR count). The minimum atomic E-state index is 0.699. The topological polar surface area (TPSA) is 38.9 Å². The van der Waals surface area contributed by atoms with Crippen LogP contribution in [0.2, 0.25) is 0 Å². The molecular formula is C46H28N2O. The zero-order valence-corrected chi connectivity index (χ0v) is 26.5. The van der Waals surface area contributed by atoms with Crippen molar-refractivity contribution in [3.63, 3.8) is 0 Å². The summed E-state index contributed by atoms with van der Waals surface area (Å²) in [5.74, 6) is 0.699. The highest BCUT2D eigenvalue weighted by Crippen LogP contribution is 2.42. The lowest BCUT2D eigenvalue weighted by Gasteiger charge is -2.16. The van der Waals surface area contributed by atoms with Crippen molar-refractivity contribution in [3.8, 4) is 45.0 Å². The second-order valence-corrected chi connectivity index (χ2v) is 12.5. The molecule has 0 aliphatic carbocycles. The second kappa shape index (κ2) is 11.0. The fraction of sp³-hybridized carbons (Fsp3) is 0. The van der Waals surface area contributed by atoms with Crippen molar-refractivity contribution in [2.24, 2.45) is 0 Å². The van der Waals surface area contributed by atoms with Crippen molar-refractivity contribution in [1.82, 2.24) is 9.97 Å². The van der Waals surface area contributed by atoms with Crippen molar-refractivity contribution < 1.29 is 4.42 Å². The van der Waals surface area contributed by atoms with Gasteiger partial charge in [0.1, 0.15) is 11.2 Å². The van der Waals surface area contributed by atoms with Crippen LogP contribution in [0.1, 0.15) is 0 Å². The highest BCUT2D eigenvalue weighted by molar-refractivity contribution is 6.29. The first-order chi connectivity index (χ1) is 24.3. The van der Waals surface area contributed by atoms with Crippen LogP contribution in [0.15, 0.2) is 174 Å². The van der Waals surface area contributed by atoms with Crippen LogP contribution in [-0.4, -0.2) is 9.97 Å². The van der Waals surface area contributed by atoms with Gasteiger partial charge < -0.3 is 4.42 Å². The molecule has 2 heterocycles. The maximum atomic E-state index is 6.34. The molecule has 0 aliphatic rings. The van der Waals surface area contributed by atoms with E-state index < -0.39 is 0 Å². The van der Waals surface area contributed by atoms with Gasteiger partial charge in [-0.05, 0) is 73.8 Å². The summed E-state index contributed by atoms with van der Waals surface area (Å²) in [4.78, 5) is 10.3. The van der Waals surface area contributed by atoms with Gasteiger partial charge in [0.2, 0.25) is 0 Å². The van der Waals surface area contributed by atoms with Crippen molar-refractivity contribution in [2.75, 3.05) is 0 Å². The van der Waals surface area contributed by atoms with Gasteiger partial charge >= 0.3 is 0 Å². The first kappa shape index (κ1) is 27.5. The minimum absolute atomic E-state index is 0.699. The number of nitrogens with zero attached hydrogens (tertiary/aromatic N) is 2. The Balaban J connectivity index is 1.25. The molecule has 3 heteroatoms. The van der Waals surface area contributed by atoms with E-state index in [4.69, 9.17) is 14.4 Å². The Bertz CT molecular complexity index is 2810. The first-order valence-electron chi connectivity index (χ1n) is 16.6. The van der Waals surface area contributed by atoms with Gasteiger partial charge in [0.25, 0.3) is 0 Å². The van der Waals surface area contributed by atoms with E-state index >= 15 is 0 Å². The zero-order chi connectivity index (χ0) is 32.3. The summed E-state index contributed by atoms with van der Waals surface area (Å²) in [5.41, 5.74) is 8.96. The van der Waals surface area contributed by atoms with Gasteiger partial charge in [0.05, 0.1) is 11.4 Å². The molecule has 2 aromatic heterocycles. The number of aromatic nitrogens is 2. The van der Waals surface area contributed by atoms with Gasteiger partial charge in [-0.2, -0.15) is 0 Å². The maximum absolute atomic E-state index is 6.34. The van der Waals surface area contributed by atoms with E-state index in [0.29, 0.717) is 5.82 Å². The van der Waals surface area contributed by atoms with Gasteiger partial charge in [0, 0.05) is 27.5 Å². The Labute approximate surface area is 282 Å². The Hall–Kier alpha value is -6.58. The molecule has 0 radical (unpaired) electrons. The van der Waals surface area contributed by atoms with E-state index in [0.717, 1.165) is 61.1 Å². The largest absolute Gasteiger partial charge is 0.456 e. The van der Waals surface area contributed by atoms with Gasteiger partial charge in [-0.3, -0.25) is 0 Å². The van der Waals surface area contributed by atoms with Crippen LogP contribution in [0.5, 0.6) is 0 Å². The molecule has 0 saturated carbocycles. The third-order valence-electron chi connectivity index (χ3n) is 9.67. The number of furan rings is 1. The Morgan fingerprint density at radius 1 is 0.327 bits per heavy atom. The molecule has 0 N–H and O–H groups in total. The Morgan fingerprint density at radius 3 is 1.61 bits per heavy atom. The van der Waals surface area contributed by atoms with Crippen LogP contribution in [0, 0.1) is 0 Å². The lowest BCUT2D eigenvalue weighted by molar-refractivity contribution is 0.669. The first-order valence-corrected chi connectivity index (χ1v) is 16.6. The lowest BCUT2D eigenvalue weighted by Crippen LogP contribution is -1.96. The van der Waals surface area contributed by atoms with Crippen molar-refractivity contribution in [3.05, 3.63) is 170 Å². The molecule has 0 atom stereocenters. The van der Waals surface area contributed by atoms with Crippen LogP contribution >= 0.6 is 0 Å². The number of fused-ring (bicyclic) bond motifs is 9. The smallest absolute Gasteiger partial charge is 0.160 e. The lowest BCUT2D eigenvalue weighted by atomic mass is 9.88. The minimum Gasteiger partial charge on any atom is -0.456 e. The van der Waals surface area contributed by atoms with Crippen LogP contribution in [0.3, 0.4) is 0 Å². The summed E-state index contributed by atoms with van der Waals surface area (Å²) in [6.07, 6.45) is 0. The zero-order valence-electron chi connectivity index (χ0n) is 26.5. The van der Waals surface area contributed by atoms with Crippen LogP contribution in [0.4, 0.5) is 0 Å². The van der Waals surface area contributed by atoms with Gasteiger partial charge in [-0.25, -0.2) is 9.97 Å². The highest BCUT2D eigenvalue weighted by atomic mass is 16.3. The van der Waals surface area contributed by atoms with Crippen LogP contribution in [-0.2, 0) is 0 Å². The Morgan fingerprint density at radius 2 is 0.878 bits per heavy atom. The van der Waals surface area contributed by atoms with Crippen molar-refractivity contribution >= 4 is 54.3 Å². The molecule has 0 aliphatic heterocycles. The molecule has 0 spiro atoms. The fourth-order valence-electron chi connectivity index (χ4n) is 7.37. The molecule has 10 aromatic rings. The standard InChI is InChI=1S/C46H28N2O/c1-3-12-29(13-4-1)41-28-42(30-14-5-2-6-15-30)48-46(47-41)32-23-24-36-34-16-7-8-17-35(34)39-20-11-19-33(45(39)40(36)26-32)31-22-25-38-37-18-9-10-21-43(37)49-44(38)27-31/h1-28H. The van der Waals surface area contributed by atoms with Crippen molar-refractivity contribution in [1.29, 1.82) is 0 Å². The molecular weight excluding hydrogens is 597 g/mol. The fourth-order valence-corrected chi connectivity index (χ4v) is 7.37. The third kappa shape index (κ3) is 4.51. The Kier molecular flexibility index (Phi) is 6.18. The quantitative estimate of drug-likeness (QED) is 0.183. The summed E-state index contributed by atoms with van der Waals surface area (Å²) < 4.78 is 6.34. The molecule has 3 nitrogen and oxygen atoms in total. The number of benzene rings is 8. The molecule has 0 unspecified atom stereocenters. The molecule has 8 aromatic carbocycles. The van der Waals surface area contributed by atoms with Crippen LogP contribution in [0.25, 0.3) is 99.3 Å². The predicted molar refractivity (Wildman–Crippen MR) is 204 cm³/mol. The van der Waals surface area contributed by atoms with Gasteiger partial charge in [-0.1, -0.05) is 140 Å². The molecule has 0 saturated heterocycles. The second-order valence-electron chi connectivity index (χ2n) is 12.5. The van der Waals surface area contributed by atoms with Crippen molar-refractivity contribution in [2.45, 2.75) is 0 Å².